The van der Waals surface area contributed by atoms with E-state index in [9.17, 15) is 43.2 Å². The summed E-state index contributed by atoms with van der Waals surface area (Å²) < 4.78 is 68.2. The molecule has 89 heavy (non-hydrogen) atoms. The number of hydrogen-bond donors (Lipinski definition) is 3. The first-order valence-corrected chi connectivity index (χ1v) is 39.2. The molecular formula is C70H136O17P2. The van der Waals surface area contributed by atoms with E-state index in [2.05, 4.69) is 55.4 Å². The summed E-state index contributed by atoms with van der Waals surface area (Å²) in [4.78, 5) is 72.5. The fraction of sp³-hybridized carbons (Fsp3) is 0.943. The molecule has 0 aromatic heterocycles. The minimum atomic E-state index is -4.95. The molecule has 3 unspecified atom stereocenters. The van der Waals surface area contributed by atoms with Crippen LogP contribution in [-0.2, 0) is 65.4 Å². The predicted molar refractivity (Wildman–Crippen MR) is 358 cm³/mol. The summed E-state index contributed by atoms with van der Waals surface area (Å²) >= 11 is 0. The highest BCUT2D eigenvalue weighted by atomic mass is 31.2. The van der Waals surface area contributed by atoms with Gasteiger partial charge in [-0.2, -0.15) is 0 Å². The van der Waals surface area contributed by atoms with Crippen molar-refractivity contribution in [3.63, 3.8) is 0 Å². The van der Waals surface area contributed by atoms with Crippen LogP contribution in [0.2, 0.25) is 0 Å². The van der Waals surface area contributed by atoms with Crippen LogP contribution < -0.4 is 0 Å². The van der Waals surface area contributed by atoms with E-state index in [1.54, 1.807) is 0 Å². The molecule has 0 bridgehead atoms. The number of rotatable bonds is 67. The third-order valence-electron chi connectivity index (χ3n) is 16.4. The van der Waals surface area contributed by atoms with Gasteiger partial charge < -0.3 is 33.8 Å². The van der Waals surface area contributed by atoms with Crippen molar-refractivity contribution in [3.05, 3.63) is 0 Å². The molecule has 19 heteroatoms. The number of phosphoric acid groups is 2. The zero-order chi connectivity index (χ0) is 66.1. The fourth-order valence-electron chi connectivity index (χ4n) is 10.5. The third kappa shape index (κ3) is 63.2. The average Bonchev–Trinajstić information content (AvgIpc) is 3.67. The molecule has 0 saturated carbocycles. The van der Waals surface area contributed by atoms with Crippen LogP contribution in [0.15, 0.2) is 0 Å². The molecular weight excluding hydrogens is 1170 g/mol. The highest BCUT2D eigenvalue weighted by molar-refractivity contribution is 7.47. The predicted octanol–water partition coefficient (Wildman–Crippen LogP) is 19.7. The molecule has 0 radical (unpaired) electrons. The zero-order valence-electron chi connectivity index (χ0n) is 58.1. The molecule has 0 saturated heterocycles. The first kappa shape index (κ1) is 87.1. The van der Waals surface area contributed by atoms with Crippen LogP contribution in [0.5, 0.6) is 0 Å². The second-order valence-electron chi connectivity index (χ2n) is 26.9. The van der Waals surface area contributed by atoms with Gasteiger partial charge in [0.2, 0.25) is 0 Å². The van der Waals surface area contributed by atoms with Crippen molar-refractivity contribution in [1.29, 1.82) is 0 Å². The number of hydrogen-bond acceptors (Lipinski definition) is 15. The minimum Gasteiger partial charge on any atom is -0.462 e. The number of esters is 4. The molecule has 528 valence electrons. The molecule has 0 aromatic carbocycles. The largest absolute Gasteiger partial charge is 0.472 e. The highest BCUT2D eigenvalue weighted by Crippen LogP contribution is 2.45. The molecule has 0 fully saturated rings. The molecule has 0 aliphatic carbocycles. The lowest BCUT2D eigenvalue weighted by Gasteiger charge is -2.21. The maximum Gasteiger partial charge on any atom is 0.472 e. The van der Waals surface area contributed by atoms with E-state index < -0.39 is 97.5 Å². The second-order valence-corrected chi connectivity index (χ2v) is 29.8. The van der Waals surface area contributed by atoms with Crippen LogP contribution >= 0.6 is 15.6 Å². The lowest BCUT2D eigenvalue weighted by molar-refractivity contribution is -0.161. The van der Waals surface area contributed by atoms with E-state index in [4.69, 9.17) is 37.0 Å². The lowest BCUT2D eigenvalue weighted by Crippen LogP contribution is -2.30. The molecule has 0 aromatic rings. The van der Waals surface area contributed by atoms with E-state index >= 15 is 0 Å². The van der Waals surface area contributed by atoms with E-state index in [1.807, 2.05) is 0 Å². The normalized spacial score (nSPS) is 14.6. The maximum absolute atomic E-state index is 13.0. The van der Waals surface area contributed by atoms with Gasteiger partial charge in [0.05, 0.1) is 26.4 Å². The smallest absolute Gasteiger partial charge is 0.462 e. The van der Waals surface area contributed by atoms with Crippen LogP contribution in [-0.4, -0.2) is 96.7 Å². The Morgan fingerprint density at radius 1 is 0.315 bits per heavy atom. The Labute approximate surface area is 543 Å². The van der Waals surface area contributed by atoms with Gasteiger partial charge in [-0.3, -0.25) is 37.3 Å². The Morgan fingerprint density at radius 3 is 0.798 bits per heavy atom. The highest BCUT2D eigenvalue weighted by Gasteiger charge is 2.30. The first-order valence-electron chi connectivity index (χ1n) is 36.2. The van der Waals surface area contributed by atoms with Gasteiger partial charge in [0.25, 0.3) is 0 Å². The van der Waals surface area contributed by atoms with Gasteiger partial charge in [0.15, 0.2) is 12.2 Å². The van der Waals surface area contributed by atoms with E-state index in [-0.39, 0.29) is 25.7 Å². The summed E-state index contributed by atoms with van der Waals surface area (Å²) in [5, 5.41) is 10.6. The molecule has 0 spiro atoms. The Kier molecular flexibility index (Phi) is 58.5. The van der Waals surface area contributed by atoms with Gasteiger partial charge in [0, 0.05) is 25.7 Å². The van der Waals surface area contributed by atoms with Crippen LogP contribution in [0.25, 0.3) is 0 Å². The topological polar surface area (TPSA) is 237 Å². The molecule has 0 amide bonds. The van der Waals surface area contributed by atoms with E-state index in [0.29, 0.717) is 31.6 Å². The summed E-state index contributed by atoms with van der Waals surface area (Å²) in [6.45, 7) is 14.0. The number of phosphoric ester groups is 2. The molecule has 0 aliphatic rings. The standard InChI is InChI=1S/C70H136O17P2/c1-9-63(8)49-41-33-28-29-35-43-51-68(73)81-57-66(86-69(74)52-44-36-25-18-16-14-12-10-11-13-15-17-22-30-38-46-60(2)3)59-85-89(78,79)83-55-64(71)54-82-88(76,77)84-58-65(56-80-67(72)50-42-34-27-21-24-32-40-48-62(6)7)87-70(75)53-45-37-26-20-19-23-31-39-47-61(4)5/h60-66,71H,9-59H2,1-8H3,(H,76,77)(H,78,79)/t63?,64-,65-,66-/m1/s1. The monoisotopic (exact) mass is 1310 g/mol. The number of carbonyl (C=O) groups excluding carboxylic acids is 4. The van der Waals surface area contributed by atoms with Gasteiger partial charge >= 0.3 is 39.5 Å². The van der Waals surface area contributed by atoms with Crippen LogP contribution in [0.1, 0.15) is 344 Å². The van der Waals surface area contributed by atoms with Crippen LogP contribution in [0.3, 0.4) is 0 Å². The molecule has 6 atom stereocenters. The van der Waals surface area contributed by atoms with Gasteiger partial charge in [-0.1, -0.05) is 293 Å². The Balaban J connectivity index is 5.22. The number of aliphatic hydroxyl groups excluding tert-OH is 1. The van der Waals surface area contributed by atoms with Crippen molar-refractivity contribution in [2.24, 2.45) is 23.7 Å². The van der Waals surface area contributed by atoms with Gasteiger partial charge in [-0.05, 0) is 49.4 Å². The Morgan fingerprint density at radius 2 is 0.539 bits per heavy atom. The van der Waals surface area contributed by atoms with Crippen molar-refractivity contribution < 1.29 is 80.2 Å². The van der Waals surface area contributed by atoms with Gasteiger partial charge in [-0.15, -0.1) is 0 Å². The molecule has 0 aliphatic heterocycles. The number of carbonyl (C=O) groups is 4. The number of ether oxygens (including phenoxy) is 4. The summed E-state index contributed by atoms with van der Waals surface area (Å²) in [5.41, 5.74) is 0. The first-order chi connectivity index (χ1) is 42.6. The van der Waals surface area contributed by atoms with Crippen molar-refractivity contribution in [1.82, 2.24) is 0 Å². The number of aliphatic hydroxyl groups is 1. The van der Waals surface area contributed by atoms with Gasteiger partial charge in [-0.25, -0.2) is 9.13 Å². The summed E-state index contributed by atoms with van der Waals surface area (Å²) in [7, 11) is -9.90. The second kappa shape index (κ2) is 59.8. The quantitative estimate of drug-likeness (QED) is 0.0222. The Bertz CT molecular complexity index is 1770. The van der Waals surface area contributed by atoms with E-state index in [1.165, 1.54) is 135 Å². The zero-order valence-corrected chi connectivity index (χ0v) is 59.8. The maximum atomic E-state index is 13.0. The number of unbranched alkanes of at least 4 members (excludes halogenated alkanes) is 32. The van der Waals surface area contributed by atoms with Gasteiger partial charge in [0.1, 0.15) is 19.3 Å². The van der Waals surface area contributed by atoms with Crippen LogP contribution in [0.4, 0.5) is 0 Å². The van der Waals surface area contributed by atoms with E-state index in [0.717, 1.165) is 120 Å². The molecule has 0 heterocycles. The fourth-order valence-corrected chi connectivity index (χ4v) is 12.0. The third-order valence-corrected chi connectivity index (χ3v) is 18.3. The molecule has 3 N–H and O–H groups in total. The molecule has 17 nitrogen and oxygen atoms in total. The SMILES string of the molecule is CCC(C)CCCCCCCCC(=O)OC[C@H](COP(=O)(O)OC[C@H](O)COP(=O)(O)OC[C@@H](COC(=O)CCCCCCCCCC(C)C)OC(=O)CCCCCCCCCCC(C)C)OC(=O)CCCCCCCCCCCCCCCCCC(C)C. The van der Waals surface area contributed by atoms with Crippen molar-refractivity contribution >= 4 is 39.5 Å². The summed E-state index contributed by atoms with van der Waals surface area (Å²) in [6, 6.07) is 0. The summed E-state index contributed by atoms with van der Waals surface area (Å²) in [6.07, 6.45) is 41.9. The minimum absolute atomic E-state index is 0.103. The molecule has 0 rings (SSSR count). The average molecular weight is 1310 g/mol. The Hall–Kier alpha value is -1.94. The summed E-state index contributed by atoms with van der Waals surface area (Å²) in [5.74, 6) is 0.824. The van der Waals surface area contributed by atoms with Crippen molar-refractivity contribution in [3.8, 4) is 0 Å². The van der Waals surface area contributed by atoms with Crippen molar-refractivity contribution in [2.45, 2.75) is 363 Å². The van der Waals surface area contributed by atoms with Crippen LogP contribution in [0, 0.1) is 23.7 Å². The lowest BCUT2D eigenvalue weighted by atomic mass is 10.00. The van der Waals surface area contributed by atoms with Crippen molar-refractivity contribution in [2.75, 3.05) is 39.6 Å².